The molecule has 2 aromatic rings. The van der Waals surface area contributed by atoms with Crippen molar-refractivity contribution in [2.75, 3.05) is 24.8 Å². The molecule has 0 aliphatic heterocycles. The van der Waals surface area contributed by atoms with Gasteiger partial charge in [-0.3, -0.25) is 4.79 Å². The molecule has 0 aliphatic carbocycles. The first kappa shape index (κ1) is 29.5. The fraction of sp³-hybridized carbons (Fsp3) is 0.467. The minimum Gasteiger partial charge on any atom is -0.494 e. The summed E-state index contributed by atoms with van der Waals surface area (Å²) < 4.78 is 11.1. The monoisotopic (exact) mass is 511 g/mol. The molecule has 0 spiro atoms. The quantitative estimate of drug-likeness (QED) is 0.100. The first-order valence-electron chi connectivity index (χ1n) is 13.0. The second-order valence-electron chi connectivity index (χ2n) is 9.06. The van der Waals surface area contributed by atoms with E-state index < -0.39 is 5.97 Å². The van der Waals surface area contributed by atoms with Gasteiger partial charge >= 0.3 is 5.97 Å². The molecule has 2 aromatic carbocycles. The molecule has 5 nitrogen and oxygen atoms in total. The lowest BCUT2D eigenvalue weighted by Gasteiger charge is -2.12. The first-order valence-corrected chi connectivity index (χ1v) is 14.2. The smallest absolute Gasteiger partial charge is 0.338 e. The van der Waals surface area contributed by atoms with Crippen LogP contribution in [0.4, 0.5) is 5.69 Å². The fourth-order valence-electron chi connectivity index (χ4n) is 3.66. The summed E-state index contributed by atoms with van der Waals surface area (Å²) in [5.41, 5.74) is 2.46. The molecule has 2 rings (SSSR count). The number of hydrogen-bond donors (Lipinski definition) is 1. The van der Waals surface area contributed by atoms with Crippen LogP contribution in [0.2, 0.25) is 0 Å². The van der Waals surface area contributed by atoms with Crippen molar-refractivity contribution in [2.24, 2.45) is 0 Å². The van der Waals surface area contributed by atoms with E-state index >= 15 is 0 Å². The highest BCUT2D eigenvalue weighted by Gasteiger charge is 2.14. The molecule has 0 aliphatic rings. The number of rotatable bonds is 17. The Morgan fingerprint density at radius 1 is 0.889 bits per heavy atom. The van der Waals surface area contributed by atoms with Gasteiger partial charge in [-0.05, 0) is 62.1 Å². The van der Waals surface area contributed by atoms with Gasteiger partial charge in [-0.25, -0.2) is 4.79 Å². The highest BCUT2D eigenvalue weighted by atomic mass is 32.2. The van der Waals surface area contributed by atoms with Crippen molar-refractivity contribution in [3.8, 4) is 5.75 Å². The average Bonchev–Trinajstić information content (AvgIpc) is 2.87. The Kier molecular flexibility index (Phi) is 13.8. The molecule has 196 valence electrons. The Balaban J connectivity index is 1.84. The Morgan fingerprint density at radius 3 is 2.17 bits per heavy atom. The summed E-state index contributed by atoms with van der Waals surface area (Å²) in [5.74, 6) is 0.101. The molecular formula is C30H41NO4S. The van der Waals surface area contributed by atoms with Gasteiger partial charge in [-0.1, -0.05) is 57.4 Å². The number of hydrogen-bond acceptors (Lipinski definition) is 5. The Bertz CT molecular complexity index is 971. The molecule has 0 atom stereocenters. The normalized spacial score (nSPS) is 10.6. The van der Waals surface area contributed by atoms with E-state index in [1.165, 1.54) is 56.7 Å². The van der Waals surface area contributed by atoms with Crippen LogP contribution in [0.25, 0.3) is 0 Å². The number of carbonyl (C=O) groups excluding carboxylic acids is 2. The lowest BCUT2D eigenvalue weighted by Crippen LogP contribution is -2.14. The van der Waals surface area contributed by atoms with Crippen LogP contribution in [-0.4, -0.2) is 31.3 Å². The van der Waals surface area contributed by atoms with E-state index in [-0.39, 0.29) is 12.5 Å². The van der Waals surface area contributed by atoms with Crippen molar-refractivity contribution < 1.29 is 19.1 Å². The number of thioether (sulfide) groups is 1. The van der Waals surface area contributed by atoms with Crippen LogP contribution in [-0.2, 0) is 4.74 Å². The van der Waals surface area contributed by atoms with Crippen molar-refractivity contribution >= 4 is 29.3 Å². The maximum absolute atomic E-state index is 12.9. The second-order valence-corrected chi connectivity index (χ2v) is 9.91. The standard InChI is InChI=1S/C30H41NO4S/c1-5-6-7-8-9-10-11-12-20-34-26-16-13-24(14-17-26)29(32)31-27-22-25(15-18-28(27)36-4)30(33)35-21-19-23(2)3/h13-18,22H,2,5-12,19-21H2,1,3-4H3,(H,31,32). The van der Waals surface area contributed by atoms with Crippen LogP contribution in [0.15, 0.2) is 59.5 Å². The van der Waals surface area contributed by atoms with Crippen LogP contribution in [0.1, 0.15) is 92.4 Å². The topological polar surface area (TPSA) is 64.6 Å². The summed E-state index contributed by atoms with van der Waals surface area (Å²) in [5, 5.41) is 2.93. The third kappa shape index (κ3) is 10.9. The zero-order chi connectivity index (χ0) is 26.2. The molecular weight excluding hydrogens is 470 g/mol. The Labute approximate surface area is 221 Å². The predicted molar refractivity (Wildman–Crippen MR) is 150 cm³/mol. The molecule has 6 heteroatoms. The van der Waals surface area contributed by atoms with Crippen molar-refractivity contribution in [1.82, 2.24) is 0 Å². The minimum atomic E-state index is -0.419. The predicted octanol–water partition coefficient (Wildman–Crippen LogP) is 8.30. The molecule has 0 fully saturated rings. The van der Waals surface area contributed by atoms with Crippen molar-refractivity contribution in [3.05, 3.63) is 65.7 Å². The molecule has 0 unspecified atom stereocenters. The van der Waals surface area contributed by atoms with E-state index in [0.29, 0.717) is 29.8 Å². The van der Waals surface area contributed by atoms with E-state index in [4.69, 9.17) is 9.47 Å². The number of carbonyl (C=O) groups is 2. The average molecular weight is 512 g/mol. The maximum Gasteiger partial charge on any atom is 0.338 e. The summed E-state index contributed by atoms with van der Waals surface area (Å²) in [4.78, 5) is 26.1. The van der Waals surface area contributed by atoms with Crippen molar-refractivity contribution in [2.45, 2.75) is 76.5 Å². The number of esters is 1. The second kappa shape index (κ2) is 16.9. The molecule has 0 saturated carbocycles. The van der Waals surface area contributed by atoms with E-state index in [1.54, 1.807) is 24.3 Å². The number of unbranched alkanes of at least 4 members (excludes halogenated alkanes) is 7. The summed E-state index contributed by atoms with van der Waals surface area (Å²) >= 11 is 1.50. The minimum absolute atomic E-state index is 0.243. The number of ether oxygens (including phenoxy) is 2. The Hall–Kier alpha value is -2.73. The van der Waals surface area contributed by atoms with Crippen LogP contribution in [0.3, 0.4) is 0 Å². The molecule has 0 heterocycles. The highest BCUT2D eigenvalue weighted by molar-refractivity contribution is 7.98. The van der Waals surface area contributed by atoms with Gasteiger partial charge < -0.3 is 14.8 Å². The van der Waals surface area contributed by atoms with E-state index in [9.17, 15) is 9.59 Å². The summed E-state index contributed by atoms with van der Waals surface area (Å²) in [6.07, 6.45) is 12.6. The van der Waals surface area contributed by atoms with Gasteiger partial charge in [0.1, 0.15) is 5.75 Å². The van der Waals surface area contributed by atoms with Gasteiger partial charge in [0.25, 0.3) is 5.91 Å². The Morgan fingerprint density at radius 2 is 1.53 bits per heavy atom. The number of amides is 1. The highest BCUT2D eigenvalue weighted by Crippen LogP contribution is 2.27. The number of benzene rings is 2. The van der Waals surface area contributed by atoms with Crippen LogP contribution >= 0.6 is 11.8 Å². The van der Waals surface area contributed by atoms with Crippen LogP contribution in [0, 0.1) is 0 Å². The SMILES string of the molecule is C=C(C)CCOC(=O)c1ccc(SC)c(NC(=O)c2ccc(OCCCCCCCCCC)cc2)c1. The number of nitrogens with one attached hydrogen (secondary N) is 1. The number of anilines is 1. The molecule has 0 radical (unpaired) electrons. The van der Waals surface area contributed by atoms with E-state index in [2.05, 4.69) is 18.8 Å². The lowest BCUT2D eigenvalue weighted by molar-refractivity contribution is 0.0509. The molecule has 1 amide bonds. The van der Waals surface area contributed by atoms with Gasteiger partial charge in [0.15, 0.2) is 0 Å². The molecule has 0 aromatic heterocycles. The molecule has 1 N–H and O–H groups in total. The third-order valence-electron chi connectivity index (χ3n) is 5.83. The summed E-state index contributed by atoms with van der Waals surface area (Å²) in [6, 6.07) is 12.4. The largest absolute Gasteiger partial charge is 0.494 e. The fourth-order valence-corrected chi connectivity index (χ4v) is 4.19. The summed E-state index contributed by atoms with van der Waals surface area (Å²) in [7, 11) is 0. The summed E-state index contributed by atoms with van der Waals surface area (Å²) in [6.45, 7) is 8.92. The van der Waals surface area contributed by atoms with Gasteiger partial charge in [0.05, 0.1) is 24.5 Å². The van der Waals surface area contributed by atoms with E-state index in [1.807, 2.05) is 31.4 Å². The van der Waals surface area contributed by atoms with Gasteiger partial charge in [-0.15, -0.1) is 18.3 Å². The van der Waals surface area contributed by atoms with Gasteiger partial charge in [-0.2, -0.15) is 0 Å². The lowest BCUT2D eigenvalue weighted by atomic mass is 10.1. The molecule has 36 heavy (non-hydrogen) atoms. The third-order valence-corrected chi connectivity index (χ3v) is 6.62. The van der Waals surface area contributed by atoms with Gasteiger partial charge in [0, 0.05) is 16.9 Å². The van der Waals surface area contributed by atoms with E-state index in [0.717, 1.165) is 22.6 Å². The maximum atomic E-state index is 12.9. The van der Waals surface area contributed by atoms with Crippen LogP contribution in [0.5, 0.6) is 5.75 Å². The van der Waals surface area contributed by atoms with Crippen molar-refractivity contribution in [3.63, 3.8) is 0 Å². The molecule has 0 saturated heterocycles. The zero-order valence-electron chi connectivity index (χ0n) is 22.1. The van der Waals surface area contributed by atoms with Crippen LogP contribution < -0.4 is 10.1 Å². The molecule has 0 bridgehead atoms. The van der Waals surface area contributed by atoms with Gasteiger partial charge in [0.2, 0.25) is 0 Å². The van der Waals surface area contributed by atoms with Crippen molar-refractivity contribution in [1.29, 1.82) is 0 Å². The first-order chi connectivity index (χ1) is 17.4. The zero-order valence-corrected chi connectivity index (χ0v) is 22.9.